The number of aromatic nitrogens is 2. The molecule has 21 heavy (non-hydrogen) atoms. The van der Waals surface area contributed by atoms with Crippen LogP contribution in [-0.4, -0.2) is 24.4 Å². The Kier molecular flexibility index (Phi) is 3.35. The Bertz CT molecular complexity index is 763. The second kappa shape index (κ2) is 5.32. The maximum atomic E-state index is 13.4. The number of benzene rings is 2. The number of aromatic amines is 1. The molecule has 3 aromatic rings. The van der Waals surface area contributed by atoms with Crippen molar-refractivity contribution >= 4 is 22.4 Å². The summed E-state index contributed by atoms with van der Waals surface area (Å²) in [6.45, 7) is 0. The van der Waals surface area contributed by atoms with E-state index in [1.54, 1.807) is 26.4 Å². The first kappa shape index (κ1) is 13.2. The van der Waals surface area contributed by atoms with E-state index < -0.39 is 0 Å². The molecule has 0 aliphatic carbocycles. The number of rotatable bonds is 4. The van der Waals surface area contributed by atoms with Gasteiger partial charge in [-0.2, -0.15) is 5.10 Å². The lowest BCUT2D eigenvalue weighted by atomic mass is 10.2. The van der Waals surface area contributed by atoms with Crippen LogP contribution in [0.25, 0.3) is 10.9 Å². The summed E-state index contributed by atoms with van der Waals surface area (Å²) < 4.78 is 23.8. The number of nitrogens with zero attached hydrogens (tertiary/aromatic N) is 1. The minimum atomic E-state index is -0.310. The van der Waals surface area contributed by atoms with Crippen molar-refractivity contribution in [2.45, 2.75) is 0 Å². The summed E-state index contributed by atoms with van der Waals surface area (Å²) in [5.41, 5.74) is 1.50. The van der Waals surface area contributed by atoms with Crippen molar-refractivity contribution in [1.29, 1.82) is 0 Å². The van der Waals surface area contributed by atoms with E-state index in [4.69, 9.17) is 9.47 Å². The molecule has 0 fully saturated rings. The van der Waals surface area contributed by atoms with Gasteiger partial charge in [-0.15, -0.1) is 0 Å². The third-order valence-electron chi connectivity index (χ3n) is 3.14. The predicted molar refractivity (Wildman–Crippen MR) is 78.9 cm³/mol. The summed E-state index contributed by atoms with van der Waals surface area (Å²) in [6, 6.07) is 9.85. The van der Waals surface area contributed by atoms with Crippen LogP contribution in [0.2, 0.25) is 0 Å². The van der Waals surface area contributed by atoms with Crippen molar-refractivity contribution in [2.24, 2.45) is 0 Å². The third kappa shape index (κ3) is 2.60. The van der Waals surface area contributed by atoms with Gasteiger partial charge in [-0.25, -0.2) is 4.39 Å². The van der Waals surface area contributed by atoms with Gasteiger partial charge in [0.15, 0.2) is 5.82 Å². The van der Waals surface area contributed by atoms with Crippen molar-refractivity contribution < 1.29 is 13.9 Å². The van der Waals surface area contributed by atoms with Crippen LogP contribution >= 0.6 is 0 Å². The molecule has 0 spiro atoms. The number of anilines is 2. The summed E-state index contributed by atoms with van der Waals surface area (Å²) in [4.78, 5) is 0. The van der Waals surface area contributed by atoms with Gasteiger partial charge < -0.3 is 14.8 Å². The summed E-state index contributed by atoms with van der Waals surface area (Å²) in [6.07, 6.45) is 0. The second-order valence-electron chi connectivity index (χ2n) is 4.49. The highest BCUT2D eigenvalue weighted by Crippen LogP contribution is 2.30. The number of halogens is 1. The van der Waals surface area contributed by atoms with E-state index in [1.807, 2.05) is 12.1 Å². The van der Waals surface area contributed by atoms with Crippen LogP contribution in [-0.2, 0) is 0 Å². The summed E-state index contributed by atoms with van der Waals surface area (Å²) in [5, 5.41) is 10.8. The molecular formula is C15H14FN3O2. The molecular weight excluding hydrogens is 273 g/mol. The van der Waals surface area contributed by atoms with E-state index in [-0.39, 0.29) is 5.82 Å². The van der Waals surface area contributed by atoms with Gasteiger partial charge in [0.25, 0.3) is 0 Å². The smallest absolute Gasteiger partial charge is 0.160 e. The number of H-pyrrole nitrogens is 1. The Labute approximate surface area is 120 Å². The van der Waals surface area contributed by atoms with Gasteiger partial charge in [-0.05, 0) is 18.2 Å². The molecule has 3 rings (SSSR count). The van der Waals surface area contributed by atoms with E-state index in [2.05, 4.69) is 15.5 Å². The Morgan fingerprint density at radius 3 is 2.43 bits per heavy atom. The van der Waals surface area contributed by atoms with Crippen molar-refractivity contribution in [1.82, 2.24) is 10.2 Å². The predicted octanol–water partition coefficient (Wildman–Crippen LogP) is 3.46. The van der Waals surface area contributed by atoms with E-state index in [9.17, 15) is 4.39 Å². The van der Waals surface area contributed by atoms with Gasteiger partial charge in [0, 0.05) is 29.3 Å². The molecule has 0 atom stereocenters. The molecule has 0 aliphatic rings. The fourth-order valence-electron chi connectivity index (χ4n) is 2.10. The van der Waals surface area contributed by atoms with Crippen LogP contribution in [0.1, 0.15) is 0 Å². The van der Waals surface area contributed by atoms with Gasteiger partial charge >= 0.3 is 0 Å². The highest BCUT2D eigenvalue weighted by molar-refractivity contribution is 5.91. The monoisotopic (exact) mass is 287 g/mol. The minimum Gasteiger partial charge on any atom is -0.497 e. The van der Waals surface area contributed by atoms with Gasteiger partial charge in [-0.3, -0.25) is 5.10 Å². The molecule has 2 N–H and O–H groups in total. The number of hydrogen-bond acceptors (Lipinski definition) is 4. The van der Waals surface area contributed by atoms with Gasteiger partial charge in [0.05, 0.1) is 19.7 Å². The molecule has 0 bridgehead atoms. The maximum Gasteiger partial charge on any atom is 0.160 e. The molecule has 0 saturated heterocycles. The lowest BCUT2D eigenvalue weighted by Crippen LogP contribution is -1.94. The minimum absolute atomic E-state index is 0.310. The highest BCUT2D eigenvalue weighted by Gasteiger charge is 2.08. The standard InChI is InChI=1S/C15H14FN3O2/c1-20-11-6-10(7-12(8-11)21-2)17-15-13-5-9(16)3-4-14(13)18-19-15/h3-8H,1-2H3,(H2,17,18,19). The van der Waals surface area contributed by atoms with E-state index in [0.29, 0.717) is 22.7 Å². The molecule has 0 saturated carbocycles. The molecule has 5 nitrogen and oxygen atoms in total. The average molecular weight is 287 g/mol. The number of fused-ring (bicyclic) bond motifs is 1. The van der Waals surface area contributed by atoms with Crippen LogP contribution in [0.4, 0.5) is 15.9 Å². The van der Waals surface area contributed by atoms with E-state index in [1.165, 1.54) is 12.1 Å². The second-order valence-corrected chi connectivity index (χ2v) is 4.49. The Morgan fingerprint density at radius 1 is 1.05 bits per heavy atom. The average Bonchev–Trinajstić information content (AvgIpc) is 2.89. The molecule has 0 aliphatic heterocycles. The molecule has 2 aromatic carbocycles. The summed E-state index contributed by atoms with van der Waals surface area (Å²) >= 11 is 0. The zero-order chi connectivity index (χ0) is 14.8. The maximum absolute atomic E-state index is 13.4. The quantitative estimate of drug-likeness (QED) is 0.771. The number of hydrogen-bond donors (Lipinski definition) is 2. The first-order valence-electron chi connectivity index (χ1n) is 6.33. The van der Waals surface area contributed by atoms with E-state index >= 15 is 0 Å². The van der Waals surface area contributed by atoms with E-state index in [0.717, 1.165) is 11.2 Å². The third-order valence-corrected chi connectivity index (χ3v) is 3.14. The number of methoxy groups -OCH3 is 2. The largest absolute Gasteiger partial charge is 0.497 e. The first-order valence-corrected chi connectivity index (χ1v) is 6.33. The van der Waals surface area contributed by atoms with Crippen molar-refractivity contribution in [3.05, 3.63) is 42.2 Å². The summed E-state index contributed by atoms with van der Waals surface area (Å²) in [5.74, 6) is 1.54. The fourth-order valence-corrected chi connectivity index (χ4v) is 2.10. The molecule has 1 aromatic heterocycles. The molecule has 1 heterocycles. The van der Waals surface area contributed by atoms with Crippen LogP contribution in [0.5, 0.6) is 11.5 Å². The van der Waals surface area contributed by atoms with Gasteiger partial charge in [-0.1, -0.05) is 0 Å². The zero-order valence-corrected chi connectivity index (χ0v) is 11.6. The normalized spacial score (nSPS) is 10.6. The molecule has 0 unspecified atom stereocenters. The Hall–Kier alpha value is -2.76. The molecule has 0 radical (unpaired) electrons. The van der Waals surface area contributed by atoms with Crippen LogP contribution in [0.15, 0.2) is 36.4 Å². The number of ether oxygens (including phenoxy) is 2. The van der Waals surface area contributed by atoms with Gasteiger partial charge in [0.2, 0.25) is 0 Å². The topological polar surface area (TPSA) is 59.2 Å². The lowest BCUT2D eigenvalue weighted by molar-refractivity contribution is 0.395. The van der Waals surface area contributed by atoms with Crippen LogP contribution in [0, 0.1) is 5.82 Å². The van der Waals surface area contributed by atoms with Crippen LogP contribution < -0.4 is 14.8 Å². The Morgan fingerprint density at radius 2 is 1.76 bits per heavy atom. The first-order chi connectivity index (χ1) is 10.2. The molecule has 0 amide bonds. The zero-order valence-electron chi connectivity index (χ0n) is 11.6. The van der Waals surface area contributed by atoms with Crippen molar-refractivity contribution in [3.63, 3.8) is 0 Å². The highest BCUT2D eigenvalue weighted by atomic mass is 19.1. The molecule has 108 valence electrons. The number of nitrogens with one attached hydrogen (secondary N) is 2. The van der Waals surface area contributed by atoms with Crippen molar-refractivity contribution in [2.75, 3.05) is 19.5 Å². The fraction of sp³-hybridized carbons (Fsp3) is 0.133. The SMILES string of the molecule is COc1cc(Nc2n[nH]c3ccc(F)cc23)cc(OC)c1. The van der Waals surface area contributed by atoms with Gasteiger partial charge in [0.1, 0.15) is 17.3 Å². The lowest BCUT2D eigenvalue weighted by Gasteiger charge is -2.09. The van der Waals surface area contributed by atoms with Crippen LogP contribution in [0.3, 0.4) is 0 Å². The Balaban J connectivity index is 2.00. The van der Waals surface area contributed by atoms with Crippen molar-refractivity contribution in [3.8, 4) is 11.5 Å². The summed E-state index contributed by atoms with van der Waals surface area (Å²) in [7, 11) is 3.16. The molecule has 6 heteroatoms.